The predicted molar refractivity (Wildman–Crippen MR) is 230 cm³/mol. The van der Waals surface area contributed by atoms with Crippen molar-refractivity contribution in [1.82, 2.24) is 4.72 Å². The van der Waals surface area contributed by atoms with Gasteiger partial charge in [-0.2, -0.15) is 11.8 Å². The number of nitrogens with zero attached hydrogens (tertiary/aromatic N) is 1. The highest BCUT2D eigenvalue weighted by molar-refractivity contribution is 7.99. The van der Waals surface area contributed by atoms with Crippen LogP contribution in [0.15, 0.2) is 83.8 Å². The highest BCUT2D eigenvalue weighted by Crippen LogP contribution is 2.34. The number of thioether (sulfide) groups is 2. The molecule has 324 valence electrons. The maximum atomic E-state index is 13.2. The van der Waals surface area contributed by atoms with E-state index in [1.165, 1.54) is 11.8 Å². The molecule has 10 atom stereocenters. The van der Waals surface area contributed by atoms with Crippen LogP contribution in [0.4, 0.5) is 5.69 Å². The van der Waals surface area contributed by atoms with Crippen LogP contribution in [0.25, 0.3) is 21.5 Å². The molecule has 2 aliphatic rings. The van der Waals surface area contributed by atoms with Gasteiger partial charge in [-0.3, -0.25) is 0 Å². The largest absolute Gasteiger partial charge is 0.394 e. The molecular weight excluding hydrogens is 821 g/mol. The number of unbranched alkanes of at least 4 members (excludes halogenated alkanes) is 2. The summed E-state index contributed by atoms with van der Waals surface area (Å²) in [5.74, 6) is 2.08. The molecule has 0 radical (unpaired) electrons. The average molecular weight is 877 g/mol. The van der Waals surface area contributed by atoms with Crippen LogP contribution in [0.5, 0.6) is 0 Å². The second-order valence-electron chi connectivity index (χ2n) is 15.0. The average Bonchev–Trinajstić information content (AvgIpc) is 3.23. The number of rotatable bonds is 20. The van der Waals surface area contributed by atoms with Crippen molar-refractivity contribution >= 4 is 60.8 Å². The van der Waals surface area contributed by atoms with E-state index in [2.05, 4.69) is 4.72 Å². The number of ether oxygens (including phenoxy) is 4. The molecule has 0 saturated carbocycles. The van der Waals surface area contributed by atoms with E-state index in [1.54, 1.807) is 23.9 Å². The number of anilines is 1. The van der Waals surface area contributed by atoms with Crippen molar-refractivity contribution < 1.29 is 58.0 Å². The molecule has 4 aromatic rings. The minimum atomic E-state index is -3.70. The first kappa shape index (κ1) is 45.9. The molecule has 0 bridgehead atoms. The van der Waals surface area contributed by atoms with Crippen LogP contribution in [0, 0.1) is 0 Å². The fourth-order valence-corrected chi connectivity index (χ4v) is 10.7. The monoisotopic (exact) mass is 876 g/mol. The van der Waals surface area contributed by atoms with Crippen molar-refractivity contribution in [3.63, 3.8) is 0 Å². The Bertz CT molecular complexity index is 2060. The zero-order valence-electron chi connectivity index (χ0n) is 33.2. The number of nitrogens with one attached hydrogen (secondary N) is 1. The molecule has 2 saturated heterocycles. The van der Waals surface area contributed by atoms with Crippen LogP contribution in [-0.2, 0) is 35.6 Å². The van der Waals surface area contributed by atoms with Crippen molar-refractivity contribution in [2.45, 2.75) is 91.3 Å². The topological polar surface area (TPSA) is 208 Å². The number of hydrogen-bond acceptors (Lipinski definition) is 15. The van der Waals surface area contributed by atoms with Gasteiger partial charge in [0, 0.05) is 42.9 Å². The van der Waals surface area contributed by atoms with Gasteiger partial charge in [0.1, 0.15) is 54.3 Å². The van der Waals surface area contributed by atoms with E-state index in [1.807, 2.05) is 85.7 Å². The Morgan fingerprint density at radius 3 is 2.27 bits per heavy atom. The predicted octanol–water partition coefficient (Wildman–Crippen LogP) is 2.82. The Balaban J connectivity index is 0.890. The smallest absolute Gasteiger partial charge is 0.241 e. The standard InChI is InChI=1S/C42H56N2O12S3/c1-44(2)31-14-8-13-30-29(31)12-9-15-34(30)59(51,52)43-18-21-57-19-6-3-7-20-58-42-39(50)37(48)40(32(23-45)55-42)56-41-38(49)36(47)35(46)33(54-41)25-53-24-26-16-17-27-10-4-5-11-28(27)22-26/h4-5,8-17,22,32-33,35-43,45-50H,3,6-7,18-21,23-25H2,1-2H3/t32-,33-,35-,36+,37-,38-,39-,40-,41-,42+/m1/s1. The van der Waals surface area contributed by atoms with E-state index in [9.17, 15) is 39.1 Å². The van der Waals surface area contributed by atoms with Gasteiger partial charge in [-0.1, -0.05) is 67.1 Å². The third kappa shape index (κ3) is 11.5. The van der Waals surface area contributed by atoms with E-state index in [-0.39, 0.29) is 18.1 Å². The summed E-state index contributed by atoms with van der Waals surface area (Å²) >= 11 is 2.97. The van der Waals surface area contributed by atoms with Crippen molar-refractivity contribution in [3.05, 3.63) is 84.4 Å². The fraction of sp³-hybridized carbons (Fsp3) is 0.524. The lowest BCUT2D eigenvalue weighted by Gasteiger charge is -2.46. The summed E-state index contributed by atoms with van der Waals surface area (Å²) in [5.41, 5.74) is 0.980. The molecule has 59 heavy (non-hydrogen) atoms. The molecule has 14 nitrogen and oxygen atoms in total. The van der Waals surface area contributed by atoms with Gasteiger partial charge >= 0.3 is 0 Å². The SMILES string of the molecule is CN(C)c1cccc2c(S(=O)(=O)NCCSCCCCCS[C@@H]3O[C@H](CO)[C@@H](O[C@H]4O[C@H](COCc5ccc6ccccc6c5)[C@@H](O)[C@H](O)[C@H]4O)[C@H](O)[C@H]3O)cccc12. The number of hydrogen-bond donors (Lipinski definition) is 7. The lowest BCUT2D eigenvalue weighted by atomic mass is 9.97. The molecule has 7 N–H and O–H groups in total. The molecule has 2 fully saturated rings. The summed E-state index contributed by atoms with van der Waals surface area (Å²) in [6.07, 6.45) is -10.2. The van der Waals surface area contributed by atoms with Gasteiger partial charge in [0.05, 0.1) is 24.7 Å². The third-order valence-electron chi connectivity index (χ3n) is 10.5. The van der Waals surface area contributed by atoms with Crippen molar-refractivity contribution in [2.75, 3.05) is 56.0 Å². The Labute approximate surface area is 353 Å². The highest BCUT2D eigenvalue weighted by Gasteiger charge is 2.50. The molecular formula is C42H56N2O12S3. The summed E-state index contributed by atoms with van der Waals surface area (Å²) < 4.78 is 52.5. The molecule has 17 heteroatoms. The first-order valence-corrected chi connectivity index (χ1v) is 23.5. The van der Waals surface area contributed by atoms with Gasteiger partial charge in [0.15, 0.2) is 6.29 Å². The van der Waals surface area contributed by atoms with Crippen LogP contribution in [-0.4, -0.2) is 151 Å². The fourth-order valence-electron chi connectivity index (χ4n) is 7.30. The maximum Gasteiger partial charge on any atom is 0.241 e. The molecule has 4 aromatic carbocycles. The van der Waals surface area contributed by atoms with Crippen LogP contribution in [0.1, 0.15) is 24.8 Å². The van der Waals surface area contributed by atoms with Gasteiger partial charge in [0.2, 0.25) is 10.0 Å². The summed E-state index contributed by atoms with van der Waals surface area (Å²) in [6.45, 7) is -0.202. The minimum absolute atomic E-state index is 0.142. The maximum absolute atomic E-state index is 13.2. The third-order valence-corrected chi connectivity index (χ3v) is 14.4. The molecule has 0 aromatic heterocycles. The number of fused-ring (bicyclic) bond motifs is 2. The number of sulfonamides is 1. The van der Waals surface area contributed by atoms with Gasteiger partial charge in [-0.05, 0) is 58.9 Å². The molecule has 0 unspecified atom stereocenters. The van der Waals surface area contributed by atoms with Crippen LogP contribution in [0.2, 0.25) is 0 Å². The van der Waals surface area contributed by atoms with Gasteiger partial charge < -0.3 is 54.5 Å². The Morgan fingerprint density at radius 2 is 1.49 bits per heavy atom. The molecule has 0 amide bonds. The molecule has 0 aliphatic carbocycles. The summed E-state index contributed by atoms with van der Waals surface area (Å²) in [4.78, 5) is 2.22. The Morgan fingerprint density at radius 1 is 0.746 bits per heavy atom. The second kappa shape index (κ2) is 21.5. The number of benzene rings is 4. The van der Waals surface area contributed by atoms with Crippen molar-refractivity contribution in [1.29, 1.82) is 0 Å². The second-order valence-corrected chi connectivity index (χ2v) is 19.1. The lowest BCUT2D eigenvalue weighted by molar-refractivity contribution is -0.339. The van der Waals surface area contributed by atoms with Crippen LogP contribution < -0.4 is 9.62 Å². The van der Waals surface area contributed by atoms with Gasteiger partial charge in [0.25, 0.3) is 0 Å². The first-order chi connectivity index (χ1) is 28.4. The first-order valence-electron chi connectivity index (χ1n) is 19.8. The zero-order valence-corrected chi connectivity index (χ0v) is 35.6. The molecule has 6 rings (SSSR count). The zero-order chi connectivity index (χ0) is 42.1. The van der Waals surface area contributed by atoms with Crippen molar-refractivity contribution in [3.8, 4) is 0 Å². The van der Waals surface area contributed by atoms with E-state index < -0.39 is 77.2 Å². The van der Waals surface area contributed by atoms with Crippen molar-refractivity contribution in [2.24, 2.45) is 0 Å². The minimum Gasteiger partial charge on any atom is -0.394 e. The Hall–Kier alpha value is -2.59. The number of aliphatic hydroxyl groups excluding tert-OH is 6. The van der Waals surface area contributed by atoms with Crippen LogP contribution in [0.3, 0.4) is 0 Å². The summed E-state index contributed by atoms with van der Waals surface area (Å²) in [6, 6.07) is 24.7. The quantitative estimate of drug-likeness (QED) is 0.0638. The molecule has 2 heterocycles. The summed E-state index contributed by atoms with van der Waals surface area (Å²) in [5, 5.41) is 67.9. The van der Waals surface area contributed by atoms with Crippen LogP contribution >= 0.6 is 23.5 Å². The van der Waals surface area contributed by atoms with E-state index >= 15 is 0 Å². The highest BCUT2D eigenvalue weighted by atomic mass is 32.2. The normalized spacial score (nSPS) is 27.7. The van der Waals surface area contributed by atoms with Gasteiger partial charge in [-0.15, -0.1) is 11.8 Å². The van der Waals surface area contributed by atoms with E-state index in [4.69, 9.17) is 18.9 Å². The Kier molecular flexibility index (Phi) is 16.7. The molecule has 2 aliphatic heterocycles. The summed E-state index contributed by atoms with van der Waals surface area (Å²) in [7, 11) is 0.156. The molecule has 0 spiro atoms. The lowest BCUT2D eigenvalue weighted by Crippen LogP contribution is -2.64. The van der Waals surface area contributed by atoms with Gasteiger partial charge in [-0.25, -0.2) is 13.1 Å². The van der Waals surface area contributed by atoms with E-state index in [0.717, 1.165) is 52.4 Å². The van der Waals surface area contributed by atoms with E-state index in [0.29, 0.717) is 23.4 Å². The number of aliphatic hydroxyl groups is 6.